The van der Waals surface area contributed by atoms with Crippen molar-refractivity contribution in [1.82, 2.24) is 0 Å². The second-order valence-corrected chi connectivity index (χ2v) is 4.41. The average Bonchev–Trinajstić information content (AvgIpc) is 2.35. The van der Waals surface area contributed by atoms with Crippen LogP contribution >= 0.6 is 11.6 Å². The van der Waals surface area contributed by atoms with E-state index in [4.69, 9.17) is 25.8 Å². The Bertz CT molecular complexity index is 343. The van der Waals surface area contributed by atoms with Crippen LogP contribution in [0.1, 0.15) is 16.7 Å². The fourth-order valence-corrected chi connectivity index (χ4v) is 1.95. The number of benzene rings is 1. The van der Waals surface area contributed by atoms with E-state index in [0.717, 1.165) is 22.4 Å². The summed E-state index contributed by atoms with van der Waals surface area (Å²) in [6.45, 7) is 6.39. The minimum absolute atomic E-state index is 0.530. The standard InChI is InChI=1S/C14H21ClO3/c1-11-8-13(10-15)9-12(2)14(11)18-7-6-17-5-4-16-3/h8-9H,4-7,10H2,1-3H3. The van der Waals surface area contributed by atoms with Crippen molar-refractivity contribution in [3.8, 4) is 5.75 Å². The van der Waals surface area contributed by atoms with Crippen LogP contribution in [0.4, 0.5) is 0 Å². The van der Waals surface area contributed by atoms with Gasteiger partial charge in [0.2, 0.25) is 0 Å². The van der Waals surface area contributed by atoms with E-state index in [-0.39, 0.29) is 0 Å². The Morgan fingerprint density at radius 2 is 1.61 bits per heavy atom. The van der Waals surface area contributed by atoms with Gasteiger partial charge >= 0.3 is 0 Å². The first-order valence-corrected chi connectivity index (χ1v) is 6.58. The molecule has 0 spiro atoms. The maximum Gasteiger partial charge on any atom is 0.125 e. The summed E-state index contributed by atoms with van der Waals surface area (Å²) in [5, 5.41) is 0. The quantitative estimate of drug-likeness (QED) is 0.538. The lowest BCUT2D eigenvalue weighted by atomic mass is 10.1. The highest BCUT2D eigenvalue weighted by atomic mass is 35.5. The zero-order chi connectivity index (χ0) is 13.4. The molecular formula is C14H21ClO3. The molecule has 1 aromatic carbocycles. The average molecular weight is 273 g/mol. The number of methoxy groups -OCH3 is 1. The van der Waals surface area contributed by atoms with Gasteiger partial charge in [-0.3, -0.25) is 0 Å². The minimum atomic E-state index is 0.530. The van der Waals surface area contributed by atoms with E-state index < -0.39 is 0 Å². The summed E-state index contributed by atoms with van der Waals surface area (Å²) in [6.07, 6.45) is 0. The maximum absolute atomic E-state index is 5.83. The van der Waals surface area contributed by atoms with Gasteiger partial charge in [0, 0.05) is 13.0 Å². The van der Waals surface area contributed by atoms with E-state index in [2.05, 4.69) is 12.1 Å². The van der Waals surface area contributed by atoms with E-state index in [1.54, 1.807) is 7.11 Å². The predicted octanol–water partition coefficient (Wildman–Crippen LogP) is 3.08. The Balaban J connectivity index is 2.42. The van der Waals surface area contributed by atoms with Crippen LogP contribution in [0.15, 0.2) is 12.1 Å². The fourth-order valence-electron chi connectivity index (χ4n) is 1.79. The second kappa shape index (κ2) is 8.35. The molecule has 0 heterocycles. The van der Waals surface area contributed by atoms with Gasteiger partial charge in [0.1, 0.15) is 12.4 Å². The largest absolute Gasteiger partial charge is 0.491 e. The first kappa shape index (κ1) is 15.3. The lowest BCUT2D eigenvalue weighted by molar-refractivity contribution is 0.0542. The summed E-state index contributed by atoms with van der Waals surface area (Å²) >= 11 is 5.83. The first-order valence-electron chi connectivity index (χ1n) is 6.04. The predicted molar refractivity (Wildman–Crippen MR) is 73.7 cm³/mol. The zero-order valence-electron chi connectivity index (χ0n) is 11.3. The van der Waals surface area contributed by atoms with Crippen LogP contribution in [0.3, 0.4) is 0 Å². The van der Waals surface area contributed by atoms with Crippen molar-refractivity contribution in [2.45, 2.75) is 19.7 Å². The summed E-state index contributed by atoms with van der Waals surface area (Å²) in [6, 6.07) is 4.11. The summed E-state index contributed by atoms with van der Waals surface area (Å²) < 4.78 is 16.0. The first-order chi connectivity index (χ1) is 8.69. The molecule has 0 atom stereocenters. The molecule has 0 aliphatic carbocycles. The molecule has 0 aliphatic heterocycles. The summed E-state index contributed by atoms with van der Waals surface area (Å²) in [5.41, 5.74) is 3.35. The number of hydrogen-bond donors (Lipinski definition) is 0. The highest BCUT2D eigenvalue weighted by Crippen LogP contribution is 2.25. The fraction of sp³-hybridized carbons (Fsp3) is 0.571. The van der Waals surface area contributed by atoms with Crippen molar-refractivity contribution in [2.24, 2.45) is 0 Å². The van der Waals surface area contributed by atoms with Gasteiger partial charge in [-0.25, -0.2) is 0 Å². The molecule has 4 heteroatoms. The third-order valence-corrected chi connectivity index (χ3v) is 2.89. The molecule has 0 bridgehead atoms. The van der Waals surface area contributed by atoms with E-state index in [0.29, 0.717) is 32.3 Å². The van der Waals surface area contributed by atoms with Crippen LogP contribution in [0, 0.1) is 13.8 Å². The molecule has 0 radical (unpaired) electrons. The van der Waals surface area contributed by atoms with Crippen molar-refractivity contribution >= 4 is 11.6 Å². The molecule has 0 fully saturated rings. The molecule has 0 aliphatic rings. The second-order valence-electron chi connectivity index (χ2n) is 4.15. The van der Waals surface area contributed by atoms with Crippen molar-refractivity contribution in [3.05, 3.63) is 28.8 Å². The number of ether oxygens (including phenoxy) is 3. The molecule has 1 rings (SSSR count). The van der Waals surface area contributed by atoms with E-state index in [1.165, 1.54) is 0 Å². The zero-order valence-corrected chi connectivity index (χ0v) is 12.0. The molecule has 3 nitrogen and oxygen atoms in total. The molecule has 0 N–H and O–H groups in total. The van der Waals surface area contributed by atoms with Gasteiger partial charge in [0.25, 0.3) is 0 Å². The Hall–Kier alpha value is -0.770. The number of rotatable bonds is 8. The molecule has 0 saturated carbocycles. The van der Waals surface area contributed by atoms with Crippen molar-refractivity contribution in [1.29, 1.82) is 0 Å². The third kappa shape index (κ3) is 4.84. The smallest absolute Gasteiger partial charge is 0.125 e. The van der Waals surface area contributed by atoms with E-state index in [1.807, 2.05) is 13.8 Å². The Morgan fingerprint density at radius 3 is 2.17 bits per heavy atom. The SMILES string of the molecule is COCCOCCOc1c(C)cc(CCl)cc1C. The van der Waals surface area contributed by atoms with Gasteiger partial charge in [-0.1, -0.05) is 12.1 Å². The van der Waals surface area contributed by atoms with Gasteiger partial charge in [-0.05, 0) is 30.5 Å². The monoisotopic (exact) mass is 272 g/mol. The summed E-state index contributed by atoms with van der Waals surface area (Å²) in [4.78, 5) is 0. The molecule has 1 aromatic rings. The molecule has 0 amide bonds. The van der Waals surface area contributed by atoms with Crippen LogP contribution in [-0.4, -0.2) is 33.5 Å². The molecule has 18 heavy (non-hydrogen) atoms. The highest BCUT2D eigenvalue weighted by Gasteiger charge is 2.06. The van der Waals surface area contributed by atoms with Crippen LogP contribution in [0.2, 0.25) is 0 Å². The summed E-state index contributed by atoms with van der Waals surface area (Å²) in [5.74, 6) is 1.46. The lowest BCUT2D eigenvalue weighted by Gasteiger charge is -2.13. The van der Waals surface area contributed by atoms with Gasteiger partial charge in [-0.2, -0.15) is 0 Å². The van der Waals surface area contributed by atoms with Crippen LogP contribution in [-0.2, 0) is 15.4 Å². The van der Waals surface area contributed by atoms with Crippen molar-refractivity contribution < 1.29 is 14.2 Å². The normalized spacial score (nSPS) is 10.7. The molecule has 0 unspecified atom stereocenters. The number of alkyl halides is 1. The minimum Gasteiger partial charge on any atom is -0.491 e. The highest BCUT2D eigenvalue weighted by molar-refractivity contribution is 6.17. The third-order valence-electron chi connectivity index (χ3n) is 2.58. The Labute approximate surface area is 114 Å². The van der Waals surface area contributed by atoms with Crippen LogP contribution in [0.25, 0.3) is 0 Å². The lowest BCUT2D eigenvalue weighted by Crippen LogP contribution is -2.11. The Morgan fingerprint density at radius 1 is 1.00 bits per heavy atom. The van der Waals surface area contributed by atoms with Gasteiger partial charge in [0.15, 0.2) is 0 Å². The molecule has 0 aromatic heterocycles. The van der Waals surface area contributed by atoms with Crippen molar-refractivity contribution in [2.75, 3.05) is 33.5 Å². The number of halogens is 1. The van der Waals surface area contributed by atoms with Crippen molar-refractivity contribution in [3.63, 3.8) is 0 Å². The van der Waals surface area contributed by atoms with E-state index in [9.17, 15) is 0 Å². The van der Waals surface area contributed by atoms with Gasteiger partial charge in [0.05, 0.1) is 19.8 Å². The molecule has 0 saturated heterocycles. The van der Waals surface area contributed by atoms with Crippen LogP contribution < -0.4 is 4.74 Å². The van der Waals surface area contributed by atoms with Gasteiger partial charge < -0.3 is 14.2 Å². The van der Waals surface area contributed by atoms with Gasteiger partial charge in [-0.15, -0.1) is 11.6 Å². The Kier molecular flexibility index (Phi) is 7.09. The molecular weight excluding hydrogens is 252 g/mol. The summed E-state index contributed by atoms with van der Waals surface area (Å²) in [7, 11) is 1.66. The van der Waals surface area contributed by atoms with Crippen LogP contribution in [0.5, 0.6) is 5.75 Å². The van der Waals surface area contributed by atoms with E-state index >= 15 is 0 Å². The molecule has 102 valence electrons. The maximum atomic E-state index is 5.83. The topological polar surface area (TPSA) is 27.7 Å². The number of hydrogen-bond acceptors (Lipinski definition) is 3. The number of aryl methyl sites for hydroxylation is 2.